The zero-order chi connectivity index (χ0) is 12.7. The molecule has 11 nitrogen and oxygen atoms in total. The third-order valence-electron chi connectivity index (χ3n) is 2.26. The molecule has 2 unspecified atom stereocenters. The molecular weight excluding hydrogens is 240 g/mol. The van der Waals surface area contributed by atoms with Crippen LogP contribution in [0.2, 0.25) is 0 Å². The first-order valence-corrected chi connectivity index (χ1v) is 4.21. The molecule has 1 N–H and O–H groups in total. The molecule has 1 aromatic heterocycles. The van der Waals surface area contributed by atoms with Crippen LogP contribution in [-0.2, 0) is 0 Å². The Bertz CT molecular complexity index is 534. The lowest BCUT2D eigenvalue weighted by atomic mass is 9.98. The number of rotatable bonds is 2. The van der Waals surface area contributed by atoms with Crippen molar-refractivity contribution < 1.29 is 24.5 Å². The van der Waals surface area contributed by atoms with Gasteiger partial charge in [0.2, 0.25) is 5.69 Å². The van der Waals surface area contributed by atoms with E-state index in [0.29, 0.717) is 6.08 Å². The summed E-state index contributed by atoms with van der Waals surface area (Å²) in [6.07, 6.45) is -1.22. The number of aliphatic hydroxyl groups excluding tert-OH is 1. The molecule has 0 bridgehead atoms. The van der Waals surface area contributed by atoms with Gasteiger partial charge in [0.1, 0.15) is 0 Å². The molecule has 0 radical (unpaired) electrons. The first-order valence-electron chi connectivity index (χ1n) is 4.21. The normalized spacial score (nSPS) is 22.8. The van der Waals surface area contributed by atoms with Crippen molar-refractivity contribution in [2.24, 2.45) is 0 Å². The molecule has 11 heteroatoms. The molecule has 1 aromatic rings. The second kappa shape index (κ2) is 3.48. The minimum Gasteiger partial charge on any atom is -0.378 e. The molecular formula is C6H4N4O7. The maximum atomic E-state index is 11.1. The molecule has 0 spiro atoms. The van der Waals surface area contributed by atoms with Crippen LogP contribution < -0.4 is 4.90 Å². The fourth-order valence-corrected chi connectivity index (χ4v) is 1.50. The average molecular weight is 244 g/mol. The van der Waals surface area contributed by atoms with Crippen molar-refractivity contribution in [3.05, 3.63) is 42.9 Å². The first-order chi connectivity index (χ1) is 7.93. The Hall–Kier alpha value is -2.56. The maximum absolute atomic E-state index is 11.1. The summed E-state index contributed by atoms with van der Waals surface area (Å²) in [6.45, 7) is 0. The van der Waals surface area contributed by atoms with Crippen molar-refractivity contribution in [1.29, 1.82) is 0 Å². The highest BCUT2D eigenvalue weighted by atomic mass is 16.8. The van der Waals surface area contributed by atoms with E-state index >= 15 is 0 Å². The number of aliphatic hydroxyl groups is 1. The van der Waals surface area contributed by atoms with Crippen molar-refractivity contribution in [3.63, 3.8) is 0 Å². The molecule has 0 aliphatic heterocycles. The van der Waals surface area contributed by atoms with Gasteiger partial charge in [0.15, 0.2) is 6.10 Å². The molecule has 1 heterocycles. The third kappa shape index (κ3) is 1.48. The lowest BCUT2D eigenvalue weighted by Gasteiger charge is -2.13. The summed E-state index contributed by atoms with van der Waals surface area (Å²) >= 11 is 0. The molecule has 2 rings (SSSR count). The summed E-state index contributed by atoms with van der Waals surface area (Å²) in [5.41, 5.74) is -1.89. The van der Waals surface area contributed by atoms with Crippen LogP contribution in [0.4, 0.5) is 0 Å². The van der Waals surface area contributed by atoms with Crippen LogP contribution >= 0.6 is 0 Å². The largest absolute Gasteiger partial charge is 0.378 e. The van der Waals surface area contributed by atoms with Crippen LogP contribution in [0, 0.1) is 25.4 Å². The Labute approximate surface area is 91.4 Å². The molecule has 0 aromatic carbocycles. The van der Waals surface area contributed by atoms with E-state index in [9.17, 15) is 30.5 Å². The molecule has 90 valence electrons. The van der Waals surface area contributed by atoms with Gasteiger partial charge in [0, 0.05) is 4.92 Å². The van der Waals surface area contributed by atoms with E-state index in [1.807, 2.05) is 0 Å². The maximum Gasteiger partial charge on any atom is 0.329 e. The van der Waals surface area contributed by atoms with Gasteiger partial charge >= 0.3 is 11.4 Å². The smallest absolute Gasteiger partial charge is 0.329 e. The van der Waals surface area contributed by atoms with E-state index in [1.165, 1.54) is 0 Å². The Morgan fingerprint density at radius 1 is 1.47 bits per heavy atom. The molecule has 0 amide bonds. The van der Waals surface area contributed by atoms with Gasteiger partial charge in [-0.05, 0) is 4.90 Å². The first kappa shape index (κ1) is 10.9. The summed E-state index contributed by atoms with van der Waals surface area (Å²) < 4.78 is 4.08. The molecule has 0 saturated carbocycles. The highest BCUT2D eigenvalue weighted by Crippen LogP contribution is 2.31. The van der Waals surface area contributed by atoms with E-state index < -0.39 is 39.1 Å². The molecule has 2 atom stereocenters. The predicted octanol–water partition coefficient (Wildman–Crippen LogP) is -1.38. The summed E-state index contributed by atoms with van der Waals surface area (Å²) in [5, 5.41) is 44.9. The summed E-state index contributed by atoms with van der Waals surface area (Å²) in [6, 6.07) is -1.79. The average Bonchev–Trinajstić information content (AvgIpc) is 2.61. The monoisotopic (exact) mass is 244 g/mol. The molecule has 0 saturated heterocycles. The van der Waals surface area contributed by atoms with Crippen LogP contribution in [0.1, 0.15) is 17.5 Å². The van der Waals surface area contributed by atoms with Crippen LogP contribution in [-0.4, -0.2) is 26.2 Å². The lowest BCUT2D eigenvalue weighted by Crippen LogP contribution is -2.39. The molecule has 1 aliphatic rings. The van der Waals surface area contributed by atoms with Crippen molar-refractivity contribution in [2.75, 3.05) is 0 Å². The van der Waals surface area contributed by atoms with Crippen molar-refractivity contribution in [1.82, 2.24) is 5.16 Å². The number of fused-ring (bicyclic) bond motifs is 1. The highest BCUT2D eigenvalue weighted by Gasteiger charge is 2.49. The highest BCUT2D eigenvalue weighted by molar-refractivity contribution is 5.59. The fraction of sp³-hybridized carbons (Fsp3) is 0.333. The Kier molecular flexibility index (Phi) is 2.24. The second-order valence-electron chi connectivity index (χ2n) is 3.19. The lowest BCUT2D eigenvalue weighted by molar-refractivity contribution is -0.811. The molecule has 0 fully saturated rings. The topological polar surface area (TPSA) is 159 Å². The van der Waals surface area contributed by atoms with Crippen LogP contribution in [0.3, 0.4) is 0 Å². The summed E-state index contributed by atoms with van der Waals surface area (Å²) in [7, 11) is 0. The van der Waals surface area contributed by atoms with Gasteiger partial charge in [-0.2, -0.15) is 0 Å². The molecule has 1 aliphatic carbocycles. The van der Waals surface area contributed by atoms with Crippen molar-refractivity contribution >= 4 is 5.70 Å². The van der Waals surface area contributed by atoms with E-state index in [-0.39, 0.29) is 4.90 Å². The minimum absolute atomic E-state index is 0.285. The van der Waals surface area contributed by atoms with Gasteiger partial charge in [-0.3, -0.25) is 24.9 Å². The van der Waals surface area contributed by atoms with Gasteiger partial charge in [-0.15, -0.1) is 0 Å². The van der Waals surface area contributed by atoms with Crippen LogP contribution in [0.5, 0.6) is 0 Å². The van der Waals surface area contributed by atoms with Gasteiger partial charge in [-0.25, -0.2) is 0 Å². The standard InChI is InChI=1S/C6H4N4O7/c11-6-3(9(14)15)1-2(8(12)13)4-5(6)10(16)17-7-4/h1,3,6,11H. The Morgan fingerprint density at radius 2 is 2.12 bits per heavy atom. The number of hydrogen-bond acceptors (Lipinski definition) is 8. The quantitative estimate of drug-likeness (QED) is 0.378. The fourth-order valence-electron chi connectivity index (χ4n) is 1.50. The number of hydrogen-bond donors (Lipinski definition) is 1. The van der Waals surface area contributed by atoms with E-state index in [4.69, 9.17) is 0 Å². The Balaban J connectivity index is 2.63. The van der Waals surface area contributed by atoms with E-state index in [2.05, 4.69) is 9.79 Å². The van der Waals surface area contributed by atoms with Gasteiger partial charge in [0.25, 0.3) is 6.04 Å². The summed E-state index contributed by atoms with van der Waals surface area (Å²) in [4.78, 5) is 19.1. The predicted molar refractivity (Wildman–Crippen MR) is 46.2 cm³/mol. The van der Waals surface area contributed by atoms with E-state index in [1.54, 1.807) is 0 Å². The number of aromatic nitrogens is 2. The Morgan fingerprint density at radius 3 is 2.65 bits per heavy atom. The molecule has 17 heavy (non-hydrogen) atoms. The number of nitro groups is 2. The van der Waals surface area contributed by atoms with E-state index in [0.717, 1.165) is 0 Å². The second-order valence-corrected chi connectivity index (χ2v) is 3.19. The third-order valence-corrected chi connectivity index (χ3v) is 2.26. The van der Waals surface area contributed by atoms with Crippen LogP contribution in [0.15, 0.2) is 10.7 Å². The summed E-state index contributed by atoms with van der Waals surface area (Å²) in [5.74, 6) is 0. The van der Waals surface area contributed by atoms with Gasteiger partial charge < -0.3 is 10.3 Å². The number of nitrogens with zero attached hydrogens (tertiary/aromatic N) is 4. The zero-order valence-corrected chi connectivity index (χ0v) is 7.92. The SMILES string of the molecule is O=[N+]([O-])C1=CC([N+](=O)[O-])C(O)c2c1no[n+]2[O-]. The van der Waals surface area contributed by atoms with Crippen molar-refractivity contribution in [3.8, 4) is 0 Å². The van der Waals surface area contributed by atoms with Crippen LogP contribution in [0.25, 0.3) is 5.70 Å². The van der Waals surface area contributed by atoms with Gasteiger partial charge in [-0.1, -0.05) is 0 Å². The van der Waals surface area contributed by atoms with Gasteiger partial charge in [0.05, 0.1) is 16.2 Å². The van der Waals surface area contributed by atoms with Crippen molar-refractivity contribution in [2.45, 2.75) is 12.1 Å². The zero-order valence-electron chi connectivity index (χ0n) is 7.92. The minimum atomic E-state index is -1.84.